The van der Waals surface area contributed by atoms with Crippen molar-refractivity contribution in [1.29, 1.82) is 0 Å². The van der Waals surface area contributed by atoms with Crippen molar-refractivity contribution in [2.75, 3.05) is 26.2 Å². The van der Waals surface area contributed by atoms with Gasteiger partial charge < -0.3 is 9.42 Å². The average molecular weight is 403 g/mol. The van der Waals surface area contributed by atoms with Gasteiger partial charge in [0.15, 0.2) is 0 Å². The van der Waals surface area contributed by atoms with E-state index in [-0.39, 0.29) is 5.41 Å². The van der Waals surface area contributed by atoms with E-state index in [2.05, 4.69) is 39.1 Å². The van der Waals surface area contributed by atoms with Crippen molar-refractivity contribution in [2.45, 2.75) is 26.3 Å². The zero-order valence-corrected chi connectivity index (χ0v) is 17.1. The summed E-state index contributed by atoms with van der Waals surface area (Å²) in [5.41, 5.74) is 2.87. The van der Waals surface area contributed by atoms with Crippen molar-refractivity contribution in [3.63, 3.8) is 0 Å². The third kappa shape index (κ3) is 3.85. The first-order valence-corrected chi connectivity index (χ1v) is 10.5. The minimum Gasteiger partial charge on any atom is -0.340 e. The summed E-state index contributed by atoms with van der Waals surface area (Å²) in [6, 6.07) is 12.0. The van der Waals surface area contributed by atoms with E-state index in [1.165, 1.54) is 5.56 Å². The molecule has 0 spiro atoms. The third-order valence-corrected chi connectivity index (χ3v) is 6.10. The second-order valence-corrected chi connectivity index (χ2v) is 8.49. The van der Waals surface area contributed by atoms with Crippen LogP contribution in [0, 0.1) is 5.41 Å². The number of carbonyl (C=O) groups is 1. The Morgan fingerprint density at radius 1 is 1.10 bits per heavy atom. The number of amides is 1. The van der Waals surface area contributed by atoms with Gasteiger partial charge in [0.25, 0.3) is 5.89 Å². The van der Waals surface area contributed by atoms with Crippen LogP contribution in [0.4, 0.5) is 0 Å². The van der Waals surface area contributed by atoms with Crippen molar-refractivity contribution in [3.05, 3.63) is 54.4 Å². The van der Waals surface area contributed by atoms with Gasteiger partial charge in [0, 0.05) is 56.1 Å². The highest BCUT2D eigenvalue weighted by molar-refractivity contribution is 5.85. The Hall–Kier alpha value is -3.06. The molecule has 30 heavy (non-hydrogen) atoms. The Morgan fingerprint density at radius 3 is 2.63 bits per heavy atom. The average Bonchev–Trinajstić information content (AvgIpc) is 3.35. The number of rotatable bonds is 5. The molecule has 0 unspecified atom stereocenters. The molecular weight excluding hydrogens is 378 g/mol. The van der Waals surface area contributed by atoms with Crippen molar-refractivity contribution in [1.82, 2.24) is 24.9 Å². The molecule has 2 fully saturated rings. The summed E-state index contributed by atoms with van der Waals surface area (Å²) in [7, 11) is 0. The third-order valence-electron chi connectivity index (χ3n) is 6.10. The van der Waals surface area contributed by atoms with Crippen molar-refractivity contribution < 1.29 is 9.32 Å². The fourth-order valence-corrected chi connectivity index (χ4v) is 3.91. The van der Waals surface area contributed by atoms with Gasteiger partial charge in [0.1, 0.15) is 0 Å². The van der Waals surface area contributed by atoms with Crippen LogP contribution in [0.5, 0.6) is 0 Å². The van der Waals surface area contributed by atoms with Gasteiger partial charge in [-0.2, -0.15) is 4.98 Å². The highest BCUT2D eigenvalue weighted by Crippen LogP contribution is 2.46. The predicted molar refractivity (Wildman–Crippen MR) is 112 cm³/mol. The van der Waals surface area contributed by atoms with E-state index < -0.39 is 0 Å². The summed E-state index contributed by atoms with van der Waals surface area (Å²) in [5, 5.41) is 4.14. The number of carbonyl (C=O) groups excluding carboxylic acids is 1. The first-order valence-electron chi connectivity index (χ1n) is 10.5. The lowest BCUT2D eigenvalue weighted by molar-refractivity contribution is -0.138. The van der Waals surface area contributed by atoms with Gasteiger partial charge in [0.2, 0.25) is 11.7 Å². The predicted octanol–water partition coefficient (Wildman–Crippen LogP) is 3.24. The molecule has 1 amide bonds. The molecule has 0 bridgehead atoms. The summed E-state index contributed by atoms with van der Waals surface area (Å²) < 4.78 is 5.41. The number of pyridine rings is 1. The molecule has 7 nitrogen and oxygen atoms in total. The highest BCUT2D eigenvalue weighted by atomic mass is 16.5. The number of aromatic nitrogens is 3. The Kier molecular flexibility index (Phi) is 4.83. The van der Waals surface area contributed by atoms with Crippen LogP contribution < -0.4 is 0 Å². The molecule has 1 aromatic carbocycles. The molecule has 154 valence electrons. The summed E-state index contributed by atoms with van der Waals surface area (Å²) in [6.07, 6.45) is 5.50. The highest BCUT2D eigenvalue weighted by Gasteiger charge is 2.47. The van der Waals surface area contributed by atoms with Gasteiger partial charge in [-0.05, 0) is 36.6 Å². The van der Waals surface area contributed by atoms with Crippen LogP contribution in [0.1, 0.15) is 25.3 Å². The fraction of sp³-hybridized carbons (Fsp3) is 0.391. The van der Waals surface area contributed by atoms with Gasteiger partial charge in [0.05, 0.1) is 5.56 Å². The van der Waals surface area contributed by atoms with E-state index >= 15 is 0 Å². The first kappa shape index (κ1) is 18.9. The van der Waals surface area contributed by atoms with Gasteiger partial charge in [-0.25, -0.2) is 0 Å². The molecule has 1 aliphatic carbocycles. The smallest absolute Gasteiger partial charge is 0.259 e. The number of benzene rings is 1. The monoisotopic (exact) mass is 403 g/mol. The molecular formula is C23H25N5O2. The lowest BCUT2D eigenvalue weighted by Gasteiger charge is -2.36. The molecule has 5 rings (SSSR count). The Morgan fingerprint density at radius 2 is 1.90 bits per heavy atom. The zero-order valence-electron chi connectivity index (χ0n) is 17.1. The van der Waals surface area contributed by atoms with Crippen LogP contribution in [-0.2, 0) is 11.3 Å². The van der Waals surface area contributed by atoms with Crippen LogP contribution in [0.3, 0.4) is 0 Å². The fourth-order valence-electron chi connectivity index (χ4n) is 3.91. The van der Waals surface area contributed by atoms with Crippen LogP contribution in [0.15, 0.2) is 53.3 Å². The summed E-state index contributed by atoms with van der Waals surface area (Å²) in [4.78, 5) is 25.6. The Labute approximate surface area is 175 Å². The second-order valence-electron chi connectivity index (χ2n) is 8.49. The van der Waals surface area contributed by atoms with Crippen molar-refractivity contribution >= 4 is 5.91 Å². The maximum absolute atomic E-state index is 12.5. The number of hydrogen-bond acceptors (Lipinski definition) is 6. The largest absolute Gasteiger partial charge is 0.340 e. The molecule has 1 saturated carbocycles. The van der Waals surface area contributed by atoms with Crippen LogP contribution in [-0.4, -0.2) is 57.0 Å². The van der Waals surface area contributed by atoms with Gasteiger partial charge in [-0.1, -0.05) is 30.3 Å². The van der Waals surface area contributed by atoms with Gasteiger partial charge in [-0.3, -0.25) is 14.7 Å². The van der Waals surface area contributed by atoms with E-state index in [9.17, 15) is 4.79 Å². The normalized spacial score (nSPS) is 18.4. The van der Waals surface area contributed by atoms with E-state index in [0.717, 1.165) is 56.7 Å². The van der Waals surface area contributed by atoms with Crippen molar-refractivity contribution in [2.24, 2.45) is 5.41 Å². The minimum atomic E-state index is -0.0736. The lowest BCUT2D eigenvalue weighted by Crippen LogP contribution is -2.50. The maximum atomic E-state index is 12.5. The van der Waals surface area contributed by atoms with E-state index in [1.807, 2.05) is 29.2 Å². The van der Waals surface area contributed by atoms with Crippen LogP contribution in [0.2, 0.25) is 0 Å². The molecule has 1 saturated heterocycles. The van der Waals surface area contributed by atoms with Crippen LogP contribution in [0.25, 0.3) is 22.8 Å². The van der Waals surface area contributed by atoms with Gasteiger partial charge in [-0.15, -0.1) is 0 Å². The van der Waals surface area contributed by atoms with Crippen molar-refractivity contribution in [3.8, 4) is 22.8 Å². The lowest BCUT2D eigenvalue weighted by atomic mass is 10.1. The zero-order chi connectivity index (χ0) is 20.6. The van der Waals surface area contributed by atoms with E-state index in [1.54, 1.807) is 12.4 Å². The van der Waals surface area contributed by atoms with Gasteiger partial charge >= 0.3 is 0 Å². The van der Waals surface area contributed by atoms with E-state index in [0.29, 0.717) is 17.6 Å². The second kappa shape index (κ2) is 7.65. The topological polar surface area (TPSA) is 75.4 Å². The number of hydrogen-bond donors (Lipinski definition) is 0. The number of nitrogens with zero attached hydrogens (tertiary/aromatic N) is 5. The molecule has 1 aliphatic heterocycles. The molecule has 3 aromatic rings. The SMILES string of the molecule is CC1(C(=O)N2CCN(Cc3cccc(-c4noc(-c5cccnc5)n4)c3)CC2)CC1. The minimum absolute atomic E-state index is 0.0736. The molecule has 2 aliphatic rings. The first-order chi connectivity index (χ1) is 14.6. The maximum Gasteiger partial charge on any atom is 0.259 e. The Bertz CT molecular complexity index is 1040. The Balaban J connectivity index is 1.23. The standard InChI is InChI=1S/C23H25N5O2/c1-23(7-8-23)22(29)28-12-10-27(11-13-28)16-17-4-2-5-18(14-17)20-25-21(30-26-20)19-6-3-9-24-15-19/h2-6,9,14-15H,7-8,10-13,16H2,1H3. The summed E-state index contributed by atoms with van der Waals surface area (Å²) in [6.45, 7) is 6.37. The molecule has 0 atom stereocenters. The molecule has 0 N–H and O–H groups in total. The number of piperazine rings is 1. The molecule has 7 heteroatoms. The van der Waals surface area contributed by atoms with Crippen LogP contribution >= 0.6 is 0 Å². The molecule has 3 heterocycles. The molecule has 2 aromatic heterocycles. The van der Waals surface area contributed by atoms with E-state index in [4.69, 9.17) is 4.52 Å². The summed E-state index contributed by atoms with van der Waals surface area (Å²) >= 11 is 0. The summed E-state index contributed by atoms with van der Waals surface area (Å²) in [5.74, 6) is 1.38. The quantitative estimate of drug-likeness (QED) is 0.651. The molecule has 0 radical (unpaired) electrons.